The number of nitrogen functional groups attached to an aromatic ring is 1. The van der Waals surface area contributed by atoms with Gasteiger partial charge in [0, 0.05) is 18.0 Å². The monoisotopic (exact) mass is 285 g/mol. The number of nitrogens with zero attached hydrogens (tertiary/aromatic N) is 4. The molecule has 2 aromatic heterocycles. The van der Waals surface area contributed by atoms with Gasteiger partial charge in [0.2, 0.25) is 11.4 Å². The fourth-order valence-corrected chi connectivity index (χ4v) is 2.04. The van der Waals surface area contributed by atoms with E-state index < -0.39 is 4.92 Å². The molecule has 8 heteroatoms. The van der Waals surface area contributed by atoms with Crippen LogP contribution in [0.3, 0.4) is 0 Å². The van der Waals surface area contributed by atoms with Crippen LogP contribution in [0.1, 0.15) is 5.56 Å². The predicted molar refractivity (Wildman–Crippen MR) is 75.3 cm³/mol. The maximum absolute atomic E-state index is 11.2. The molecule has 0 bridgehead atoms. The van der Waals surface area contributed by atoms with E-state index in [0.717, 1.165) is 0 Å². The molecule has 8 nitrogen and oxygen atoms in total. The van der Waals surface area contributed by atoms with Crippen LogP contribution in [0.2, 0.25) is 0 Å². The lowest BCUT2D eigenvalue weighted by Gasteiger charge is -2.08. The summed E-state index contributed by atoms with van der Waals surface area (Å²) >= 11 is 0. The topological polar surface area (TPSA) is 109 Å². The van der Waals surface area contributed by atoms with Crippen molar-refractivity contribution >= 4 is 17.2 Å². The van der Waals surface area contributed by atoms with Crippen LogP contribution in [-0.2, 0) is 0 Å². The molecule has 3 rings (SSSR count). The van der Waals surface area contributed by atoms with Gasteiger partial charge in [-0.05, 0) is 13.0 Å². The molecule has 0 radical (unpaired) electrons. The third-order valence-corrected chi connectivity index (χ3v) is 2.95. The average molecular weight is 285 g/mol. The van der Waals surface area contributed by atoms with Gasteiger partial charge in [-0.25, -0.2) is 4.98 Å². The van der Waals surface area contributed by atoms with Crippen LogP contribution in [0.15, 0.2) is 36.8 Å². The average Bonchev–Trinajstić information content (AvgIpc) is 2.86. The largest absolute Gasteiger partial charge is 0.428 e. The molecule has 0 aliphatic rings. The van der Waals surface area contributed by atoms with Crippen molar-refractivity contribution in [2.45, 2.75) is 6.92 Å². The van der Waals surface area contributed by atoms with E-state index in [1.807, 2.05) is 0 Å². The van der Waals surface area contributed by atoms with E-state index in [0.29, 0.717) is 11.2 Å². The number of benzene rings is 1. The van der Waals surface area contributed by atoms with Crippen molar-refractivity contribution in [2.24, 2.45) is 0 Å². The van der Waals surface area contributed by atoms with E-state index in [1.165, 1.54) is 6.07 Å². The van der Waals surface area contributed by atoms with Crippen molar-refractivity contribution in [3.63, 3.8) is 0 Å². The lowest BCUT2D eigenvalue weighted by atomic mass is 10.2. The Morgan fingerprint density at radius 1 is 1.43 bits per heavy atom. The minimum atomic E-state index is -0.486. The highest BCUT2D eigenvalue weighted by Gasteiger charge is 2.20. The summed E-state index contributed by atoms with van der Waals surface area (Å²) in [6, 6.07) is 4.82. The summed E-state index contributed by atoms with van der Waals surface area (Å²) in [5.41, 5.74) is 6.52. The Hall–Kier alpha value is -3.16. The zero-order valence-corrected chi connectivity index (χ0v) is 11.1. The zero-order chi connectivity index (χ0) is 15.0. The molecule has 21 heavy (non-hydrogen) atoms. The Balaban J connectivity index is 2.13. The molecule has 0 unspecified atom stereocenters. The molecule has 0 spiro atoms. The van der Waals surface area contributed by atoms with Gasteiger partial charge < -0.3 is 10.5 Å². The highest BCUT2D eigenvalue weighted by molar-refractivity contribution is 5.58. The van der Waals surface area contributed by atoms with Gasteiger partial charge in [-0.2, -0.15) is 4.98 Å². The number of rotatable bonds is 3. The molecule has 2 heterocycles. The van der Waals surface area contributed by atoms with E-state index in [-0.39, 0.29) is 23.1 Å². The second kappa shape index (κ2) is 4.75. The van der Waals surface area contributed by atoms with E-state index in [4.69, 9.17) is 10.5 Å². The first kappa shape index (κ1) is 12.9. The minimum absolute atomic E-state index is 0.100. The molecular weight excluding hydrogens is 274 g/mol. The SMILES string of the molecule is Cc1cccc(Oc2nc(N)cn3ccnc23)c1[N+](=O)[O-]. The summed E-state index contributed by atoms with van der Waals surface area (Å²) in [6.07, 6.45) is 4.83. The lowest BCUT2D eigenvalue weighted by Crippen LogP contribution is -2.01. The first-order chi connectivity index (χ1) is 10.1. The van der Waals surface area contributed by atoms with Crippen LogP contribution < -0.4 is 10.5 Å². The number of nitro groups is 1. The number of nitrogens with two attached hydrogens (primary N) is 1. The fraction of sp³-hybridized carbons (Fsp3) is 0.0769. The molecule has 0 amide bonds. The number of para-hydroxylation sites is 1. The van der Waals surface area contributed by atoms with Crippen molar-refractivity contribution in [1.29, 1.82) is 0 Å². The number of nitro benzene ring substituents is 1. The number of hydrogen-bond donors (Lipinski definition) is 1. The van der Waals surface area contributed by atoms with E-state index in [1.54, 1.807) is 42.0 Å². The zero-order valence-electron chi connectivity index (χ0n) is 11.1. The van der Waals surface area contributed by atoms with Crippen LogP contribution in [-0.4, -0.2) is 19.3 Å². The maximum Gasteiger partial charge on any atom is 0.314 e. The third kappa shape index (κ3) is 2.22. The summed E-state index contributed by atoms with van der Waals surface area (Å²) < 4.78 is 7.23. The number of fused-ring (bicyclic) bond motifs is 1. The maximum atomic E-state index is 11.2. The predicted octanol–water partition coefficient (Wildman–Crippen LogP) is 2.32. The standard InChI is InChI=1S/C13H11N5O3/c1-8-3-2-4-9(11(8)18(19)20)21-13-12-15-5-6-17(12)7-10(14)16-13/h2-7H,14H2,1H3. The Bertz CT molecular complexity index is 843. The van der Waals surface area contributed by atoms with Crippen molar-refractivity contribution in [3.05, 3.63) is 52.5 Å². The smallest absolute Gasteiger partial charge is 0.314 e. The molecule has 3 aromatic rings. The highest BCUT2D eigenvalue weighted by Crippen LogP contribution is 2.34. The molecule has 0 aliphatic carbocycles. The highest BCUT2D eigenvalue weighted by atomic mass is 16.6. The Kier molecular flexibility index (Phi) is 2.90. The van der Waals surface area contributed by atoms with Crippen LogP contribution in [0.25, 0.3) is 5.65 Å². The second-order valence-electron chi connectivity index (χ2n) is 4.41. The second-order valence-corrected chi connectivity index (χ2v) is 4.41. The van der Waals surface area contributed by atoms with Crippen molar-refractivity contribution in [2.75, 3.05) is 5.73 Å². The Morgan fingerprint density at radius 2 is 2.24 bits per heavy atom. The van der Waals surface area contributed by atoms with Crippen LogP contribution in [0.5, 0.6) is 11.6 Å². The Labute approximate surface area is 119 Å². The molecule has 0 saturated heterocycles. The molecule has 0 atom stereocenters. The van der Waals surface area contributed by atoms with Gasteiger partial charge in [-0.3, -0.25) is 14.5 Å². The molecular formula is C13H11N5O3. The van der Waals surface area contributed by atoms with Crippen LogP contribution in [0.4, 0.5) is 11.5 Å². The quantitative estimate of drug-likeness (QED) is 0.584. The summed E-state index contributed by atoms with van der Waals surface area (Å²) in [6.45, 7) is 1.64. The fourth-order valence-electron chi connectivity index (χ4n) is 2.04. The molecule has 2 N–H and O–H groups in total. The molecule has 1 aromatic carbocycles. The Morgan fingerprint density at radius 3 is 3.00 bits per heavy atom. The summed E-state index contributed by atoms with van der Waals surface area (Å²) in [4.78, 5) is 18.8. The minimum Gasteiger partial charge on any atom is -0.428 e. The lowest BCUT2D eigenvalue weighted by molar-refractivity contribution is -0.386. The van der Waals surface area contributed by atoms with Gasteiger partial charge in [0.1, 0.15) is 5.82 Å². The molecule has 0 aliphatic heterocycles. The number of aromatic nitrogens is 3. The van der Waals surface area contributed by atoms with Gasteiger partial charge in [0.25, 0.3) is 5.88 Å². The first-order valence-corrected chi connectivity index (χ1v) is 6.07. The summed E-state index contributed by atoms with van der Waals surface area (Å²) in [5, 5.41) is 11.2. The van der Waals surface area contributed by atoms with Crippen LogP contribution >= 0.6 is 0 Å². The number of anilines is 1. The number of imidazole rings is 1. The molecule has 0 saturated carbocycles. The number of aryl methyl sites for hydroxylation is 1. The van der Waals surface area contributed by atoms with Crippen molar-refractivity contribution < 1.29 is 9.66 Å². The van der Waals surface area contributed by atoms with E-state index in [9.17, 15) is 10.1 Å². The summed E-state index contributed by atoms with van der Waals surface area (Å²) in [7, 11) is 0. The number of ether oxygens (including phenoxy) is 1. The van der Waals surface area contributed by atoms with Gasteiger partial charge >= 0.3 is 5.69 Å². The third-order valence-electron chi connectivity index (χ3n) is 2.95. The summed E-state index contributed by atoms with van der Waals surface area (Å²) in [5.74, 6) is 0.447. The van der Waals surface area contributed by atoms with Gasteiger partial charge in [-0.15, -0.1) is 0 Å². The van der Waals surface area contributed by atoms with Gasteiger partial charge in [0.15, 0.2) is 0 Å². The van der Waals surface area contributed by atoms with E-state index in [2.05, 4.69) is 9.97 Å². The molecule has 106 valence electrons. The van der Waals surface area contributed by atoms with Crippen LogP contribution in [0, 0.1) is 17.0 Å². The number of hydrogen-bond acceptors (Lipinski definition) is 6. The molecule has 0 fully saturated rings. The van der Waals surface area contributed by atoms with Gasteiger partial charge in [-0.1, -0.05) is 12.1 Å². The first-order valence-electron chi connectivity index (χ1n) is 6.07. The van der Waals surface area contributed by atoms with Crippen molar-refractivity contribution in [1.82, 2.24) is 14.4 Å². The van der Waals surface area contributed by atoms with E-state index >= 15 is 0 Å². The normalized spacial score (nSPS) is 10.7. The van der Waals surface area contributed by atoms with Crippen molar-refractivity contribution in [3.8, 4) is 11.6 Å². The van der Waals surface area contributed by atoms with Gasteiger partial charge in [0.05, 0.1) is 11.1 Å².